The van der Waals surface area contributed by atoms with Crippen molar-refractivity contribution in [2.24, 2.45) is 0 Å². The maximum absolute atomic E-state index is 5.66. The number of anilines is 1. The van der Waals surface area contributed by atoms with Crippen LogP contribution in [0.5, 0.6) is 23.3 Å². The van der Waals surface area contributed by atoms with Crippen molar-refractivity contribution < 1.29 is 18.9 Å². The van der Waals surface area contributed by atoms with Crippen molar-refractivity contribution in [1.82, 2.24) is 29.7 Å². The molecule has 0 saturated carbocycles. The lowest BCUT2D eigenvalue weighted by atomic mass is 10.2. The number of hydrogen-bond donors (Lipinski definition) is 1. The van der Waals surface area contributed by atoms with Gasteiger partial charge in [-0.3, -0.25) is 14.3 Å². The second-order valence-corrected chi connectivity index (χ2v) is 8.33. The largest absolute Gasteiger partial charge is 0.494 e. The lowest BCUT2D eigenvalue weighted by molar-refractivity contribution is 0.389. The van der Waals surface area contributed by atoms with Crippen LogP contribution in [0, 0.1) is 6.92 Å². The molecule has 0 aliphatic rings. The first kappa shape index (κ1) is 25.0. The Kier molecular flexibility index (Phi) is 8.06. The van der Waals surface area contributed by atoms with E-state index in [-0.39, 0.29) is 0 Å². The van der Waals surface area contributed by atoms with Crippen molar-refractivity contribution in [3.8, 4) is 40.5 Å². The Labute approximate surface area is 213 Å². The molecule has 12 heteroatoms. The minimum absolute atomic E-state index is 0.464. The van der Waals surface area contributed by atoms with Crippen LogP contribution in [0.3, 0.4) is 0 Å². The van der Waals surface area contributed by atoms with E-state index in [4.69, 9.17) is 18.9 Å². The zero-order valence-electron chi connectivity index (χ0n) is 20.7. The van der Waals surface area contributed by atoms with E-state index in [1.807, 2.05) is 41.8 Å². The van der Waals surface area contributed by atoms with Crippen LogP contribution in [0.2, 0.25) is 0 Å². The van der Waals surface area contributed by atoms with E-state index in [1.165, 1.54) is 11.9 Å². The van der Waals surface area contributed by atoms with E-state index in [9.17, 15) is 0 Å². The Morgan fingerprint density at radius 2 is 1.64 bits per heavy atom. The Balaban J connectivity index is 1.67. The number of nitrogens with one attached hydrogen (secondary N) is 1. The summed E-state index contributed by atoms with van der Waals surface area (Å²) in [5.74, 6) is 3.82. The van der Waals surface area contributed by atoms with E-state index in [1.54, 1.807) is 40.7 Å². The fourth-order valence-electron chi connectivity index (χ4n) is 3.51. The maximum atomic E-state index is 5.66. The molecule has 0 unspecified atom stereocenters. The molecular weight excluding hydrogens is 482 g/mol. The van der Waals surface area contributed by atoms with Gasteiger partial charge in [0.15, 0.2) is 5.82 Å². The first-order valence-corrected chi connectivity index (χ1v) is 12.0. The van der Waals surface area contributed by atoms with Crippen LogP contribution in [0.15, 0.2) is 42.6 Å². The molecule has 0 radical (unpaired) electrons. The molecule has 11 nitrogen and oxygen atoms in total. The minimum Gasteiger partial charge on any atom is -0.494 e. The van der Waals surface area contributed by atoms with Crippen molar-refractivity contribution >= 4 is 17.9 Å². The fraction of sp³-hybridized carbons (Fsp3) is 0.292. The minimum atomic E-state index is 0.464. The molecule has 1 aromatic carbocycles. The standard InChI is InChI=1S/C24H27N7O4S/c1-15-14-25-17(23(26-15)35-5)12-13-36-30-24-29-28-22(16-8-6-11-20(27-16)34-4)31(24)21-18(32-2)9-7-10-19(21)33-3/h6-11,14H,12-13H2,1-5H3,(H,29,30). The fourth-order valence-corrected chi connectivity index (χ4v) is 4.17. The number of ether oxygens (including phenoxy) is 4. The van der Waals surface area contributed by atoms with Crippen LogP contribution in [-0.2, 0) is 6.42 Å². The van der Waals surface area contributed by atoms with Gasteiger partial charge < -0.3 is 18.9 Å². The third kappa shape index (κ3) is 5.28. The number of para-hydroxylation sites is 1. The van der Waals surface area contributed by atoms with Gasteiger partial charge in [-0.2, -0.15) is 0 Å². The third-order valence-electron chi connectivity index (χ3n) is 5.18. The Hall–Kier alpha value is -4.06. The van der Waals surface area contributed by atoms with Gasteiger partial charge in [0.1, 0.15) is 28.6 Å². The molecule has 0 bridgehead atoms. The highest BCUT2D eigenvalue weighted by Gasteiger charge is 2.23. The molecule has 0 aliphatic carbocycles. The number of rotatable bonds is 11. The van der Waals surface area contributed by atoms with Crippen molar-refractivity contribution in [1.29, 1.82) is 0 Å². The number of nitrogens with zero attached hydrogens (tertiary/aromatic N) is 6. The van der Waals surface area contributed by atoms with Gasteiger partial charge in [0.2, 0.25) is 17.7 Å². The van der Waals surface area contributed by atoms with Crippen molar-refractivity contribution in [2.75, 3.05) is 38.9 Å². The Morgan fingerprint density at radius 3 is 2.33 bits per heavy atom. The summed E-state index contributed by atoms with van der Waals surface area (Å²) in [4.78, 5) is 13.4. The van der Waals surface area contributed by atoms with Crippen LogP contribution in [0.1, 0.15) is 11.4 Å². The summed E-state index contributed by atoms with van der Waals surface area (Å²) in [6, 6.07) is 11.0. The number of aryl methyl sites for hydroxylation is 2. The molecular formula is C24H27N7O4S. The number of benzene rings is 1. The number of methoxy groups -OCH3 is 4. The van der Waals surface area contributed by atoms with E-state index >= 15 is 0 Å². The van der Waals surface area contributed by atoms with E-state index in [0.29, 0.717) is 58.6 Å². The van der Waals surface area contributed by atoms with Crippen LogP contribution < -0.4 is 23.7 Å². The molecule has 0 fully saturated rings. The highest BCUT2D eigenvalue weighted by molar-refractivity contribution is 8.00. The summed E-state index contributed by atoms with van der Waals surface area (Å²) >= 11 is 1.45. The molecule has 1 N–H and O–H groups in total. The smallest absolute Gasteiger partial charge is 0.239 e. The zero-order chi connectivity index (χ0) is 25.5. The van der Waals surface area contributed by atoms with Gasteiger partial charge in [0, 0.05) is 24.4 Å². The molecule has 4 aromatic rings. The third-order valence-corrected chi connectivity index (χ3v) is 5.92. The van der Waals surface area contributed by atoms with Gasteiger partial charge in [0.05, 0.1) is 34.1 Å². The number of hydrogen-bond acceptors (Lipinski definition) is 11. The van der Waals surface area contributed by atoms with Crippen molar-refractivity contribution in [3.63, 3.8) is 0 Å². The molecule has 4 rings (SSSR count). The number of aromatic nitrogens is 6. The molecule has 3 heterocycles. The van der Waals surface area contributed by atoms with Gasteiger partial charge in [-0.05, 0) is 37.1 Å². The quantitative estimate of drug-likeness (QED) is 0.235. The van der Waals surface area contributed by atoms with E-state index < -0.39 is 0 Å². The Bertz CT molecular complexity index is 1310. The topological polar surface area (TPSA) is 118 Å². The van der Waals surface area contributed by atoms with Gasteiger partial charge >= 0.3 is 0 Å². The second-order valence-electron chi connectivity index (χ2n) is 7.43. The molecule has 188 valence electrons. The highest BCUT2D eigenvalue weighted by atomic mass is 32.2. The molecule has 0 spiro atoms. The predicted octanol–water partition coefficient (Wildman–Crippen LogP) is 3.76. The summed E-state index contributed by atoms with van der Waals surface area (Å²) in [5, 5.41) is 8.83. The summed E-state index contributed by atoms with van der Waals surface area (Å²) in [6.07, 6.45) is 2.37. The van der Waals surface area contributed by atoms with Gasteiger partial charge in [-0.25, -0.2) is 9.97 Å². The van der Waals surface area contributed by atoms with Gasteiger partial charge in [-0.1, -0.05) is 12.1 Å². The monoisotopic (exact) mass is 509 g/mol. The molecule has 0 atom stereocenters. The summed E-state index contributed by atoms with van der Waals surface area (Å²) < 4.78 is 27.1. The van der Waals surface area contributed by atoms with Gasteiger partial charge in [0.25, 0.3) is 0 Å². The van der Waals surface area contributed by atoms with Crippen LogP contribution in [0.4, 0.5) is 5.95 Å². The van der Waals surface area contributed by atoms with Crippen LogP contribution >= 0.6 is 11.9 Å². The maximum Gasteiger partial charge on any atom is 0.239 e. The van der Waals surface area contributed by atoms with Crippen molar-refractivity contribution in [2.45, 2.75) is 13.3 Å². The van der Waals surface area contributed by atoms with E-state index in [2.05, 4.69) is 29.9 Å². The summed E-state index contributed by atoms with van der Waals surface area (Å²) in [6.45, 7) is 1.88. The highest BCUT2D eigenvalue weighted by Crippen LogP contribution is 2.37. The molecule has 36 heavy (non-hydrogen) atoms. The molecule has 0 saturated heterocycles. The average molecular weight is 510 g/mol. The SMILES string of the molecule is COc1cccc(-c2nnc(NSCCc3ncc(C)nc3OC)n2-c2c(OC)cccc2OC)n1. The lowest BCUT2D eigenvalue weighted by Crippen LogP contribution is -2.08. The number of pyridine rings is 1. The molecule has 0 aliphatic heterocycles. The molecule has 0 amide bonds. The normalized spacial score (nSPS) is 10.7. The Morgan fingerprint density at radius 1 is 0.889 bits per heavy atom. The molecule has 3 aromatic heterocycles. The second kappa shape index (κ2) is 11.6. The average Bonchev–Trinajstić information content (AvgIpc) is 3.34. The van der Waals surface area contributed by atoms with Crippen molar-refractivity contribution in [3.05, 3.63) is 54.0 Å². The summed E-state index contributed by atoms with van der Waals surface area (Å²) in [5.41, 5.74) is 2.80. The van der Waals surface area contributed by atoms with Gasteiger partial charge in [-0.15, -0.1) is 10.2 Å². The van der Waals surface area contributed by atoms with E-state index in [0.717, 1.165) is 11.4 Å². The summed E-state index contributed by atoms with van der Waals surface area (Å²) in [7, 11) is 6.36. The lowest BCUT2D eigenvalue weighted by Gasteiger charge is -2.17. The van der Waals surface area contributed by atoms with Crippen LogP contribution in [0.25, 0.3) is 17.2 Å². The first-order valence-electron chi connectivity index (χ1n) is 11.0. The zero-order valence-corrected chi connectivity index (χ0v) is 21.5. The van der Waals surface area contributed by atoms with Crippen LogP contribution in [-0.4, -0.2) is 63.9 Å². The first-order chi connectivity index (χ1) is 17.6. The predicted molar refractivity (Wildman–Crippen MR) is 137 cm³/mol.